The van der Waals surface area contributed by atoms with Gasteiger partial charge in [-0.3, -0.25) is 14.2 Å². The average Bonchev–Trinajstić information content (AvgIpc) is 3.00. The molecule has 0 saturated heterocycles. The number of nitrogens with one attached hydrogen (secondary N) is 1. The van der Waals surface area contributed by atoms with Crippen molar-refractivity contribution < 1.29 is 14.3 Å². The molecule has 0 spiro atoms. The van der Waals surface area contributed by atoms with E-state index >= 15 is 0 Å². The molecule has 29 heavy (non-hydrogen) atoms. The second kappa shape index (κ2) is 8.16. The van der Waals surface area contributed by atoms with Gasteiger partial charge >= 0.3 is 5.97 Å². The second-order valence-corrected chi connectivity index (χ2v) is 8.12. The Kier molecular flexibility index (Phi) is 5.83. The van der Waals surface area contributed by atoms with Crippen molar-refractivity contribution in [1.29, 1.82) is 0 Å². The van der Waals surface area contributed by atoms with Gasteiger partial charge in [-0.2, -0.15) is 0 Å². The quantitative estimate of drug-likeness (QED) is 0.642. The van der Waals surface area contributed by atoms with E-state index in [1.54, 1.807) is 27.7 Å². The molecule has 1 N–H and O–H groups in total. The van der Waals surface area contributed by atoms with Crippen LogP contribution in [0.1, 0.15) is 47.6 Å². The smallest absolute Gasteiger partial charge is 0.329 e. The molecule has 0 fully saturated rings. The van der Waals surface area contributed by atoms with Gasteiger partial charge in [-0.05, 0) is 51.8 Å². The molecule has 1 aromatic carbocycles. The Labute approximate surface area is 172 Å². The van der Waals surface area contributed by atoms with Crippen molar-refractivity contribution in [2.24, 2.45) is 0 Å². The van der Waals surface area contributed by atoms with Gasteiger partial charge in [0, 0.05) is 5.69 Å². The summed E-state index contributed by atoms with van der Waals surface area (Å²) in [4.78, 5) is 43.2. The lowest BCUT2D eigenvalue weighted by atomic mass is 10.1. The van der Waals surface area contributed by atoms with Crippen LogP contribution in [0, 0.1) is 13.8 Å². The summed E-state index contributed by atoms with van der Waals surface area (Å²) >= 11 is 1.16. The minimum atomic E-state index is -0.814. The van der Waals surface area contributed by atoms with Crippen LogP contribution in [-0.4, -0.2) is 27.5 Å². The van der Waals surface area contributed by atoms with Crippen LogP contribution in [0.4, 0.5) is 5.69 Å². The molecule has 2 aromatic heterocycles. The standard InChI is InChI=1S/C21H23N3O4S/c1-11(2)28-21(27)14(5)24-10-22-19-16(20(24)26)13(4)17(29-19)18(25)23-15-9-7-6-8-12(15)3/h6-11,14H,1-5H3,(H,23,25)/t14-/m0/s1. The number of para-hydroxylation sites is 1. The number of benzene rings is 1. The van der Waals surface area contributed by atoms with Crippen LogP contribution in [0.25, 0.3) is 10.2 Å². The van der Waals surface area contributed by atoms with E-state index < -0.39 is 12.0 Å². The fraction of sp³-hybridized carbons (Fsp3) is 0.333. The number of carbonyl (C=O) groups excluding carboxylic acids is 2. The highest BCUT2D eigenvalue weighted by Gasteiger charge is 2.24. The van der Waals surface area contributed by atoms with E-state index in [4.69, 9.17) is 4.74 Å². The maximum absolute atomic E-state index is 13.0. The molecule has 0 aliphatic heterocycles. The van der Waals surface area contributed by atoms with Gasteiger partial charge in [0.15, 0.2) is 0 Å². The van der Waals surface area contributed by atoms with E-state index in [2.05, 4.69) is 10.3 Å². The van der Waals surface area contributed by atoms with Gasteiger partial charge in [-0.15, -0.1) is 11.3 Å². The SMILES string of the molecule is Cc1ccccc1NC(=O)c1sc2ncn([C@@H](C)C(=O)OC(C)C)c(=O)c2c1C. The van der Waals surface area contributed by atoms with Crippen molar-refractivity contribution in [3.8, 4) is 0 Å². The van der Waals surface area contributed by atoms with Crippen LogP contribution in [0.15, 0.2) is 35.4 Å². The van der Waals surface area contributed by atoms with Gasteiger partial charge in [0.25, 0.3) is 11.5 Å². The number of hydrogen-bond acceptors (Lipinski definition) is 6. The van der Waals surface area contributed by atoms with Crippen LogP contribution >= 0.6 is 11.3 Å². The monoisotopic (exact) mass is 413 g/mol. The van der Waals surface area contributed by atoms with Gasteiger partial charge in [-0.1, -0.05) is 18.2 Å². The number of aryl methyl sites for hydroxylation is 2. The summed E-state index contributed by atoms with van der Waals surface area (Å²) in [6.07, 6.45) is 1.05. The third-order valence-electron chi connectivity index (χ3n) is 4.59. The zero-order valence-corrected chi connectivity index (χ0v) is 17.8. The van der Waals surface area contributed by atoms with Crippen LogP contribution in [0.5, 0.6) is 0 Å². The first-order valence-corrected chi connectivity index (χ1v) is 10.1. The van der Waals surface area contributed by atoms with Gasteiger partial charge in [0.2, 0.25) is 0 Å². The summed E-state index contributed by atoms with van der Waals surface area (Å²) in [6.45, 7) is 8.71. The van der Waals surface area contributed by atoms with Crippen LogP contribution in [-0.2, 0) is 9.53 Å². The summed E-state index contributed by atoms with van der Waals surface area (Å²) in [5.74, 6) is -0.799. The highest BCUT2D eigenvalue weighted by atomic mass is 32.1. The predicted molar refractivity (Wildman–Crippen MR) is 114 cm³/mol. The number of esters is 1. The number of ether oxygens (including phenoxy) is 1. The molecule has 7 nitrogen and oxygen atoms in total. The Morgan fingerprint density at radius 2 is 1.86 bits per heavy atom. The zero-order valence-electron chi connectivity index (χ0n) is 17.0. The number of nitrogens with zero attached hydrogens (tertiary/aromatic N) is 2. The van der Waals surface area contributed by atoms with E-state index in [0.29, 0.717) is 26.3 Å². The van der Waals surface area contributed by atoms with Crippen molar-refractivity contribution in [3.05, 3.63) is 57.0 Å². The first-order valence-electron chi connectivity index (χ1n) is 9.28. The third kappa shape index (κ3) is 4.07. The molecule has 8 heteroatoms. The molecule has 0 bridgehead atoms. The number of aromatic nitrogens is 2. The molecule has 1 amide bonds. The topological polar surface area (TPSA) is 90.3 Å². The lowest BCUT2D eigenvalue weighted by molar-refractivity contribution is -0.151. The molecule has 0 aliphatic carbocycles. The minimum Gasteiger partial charge on any atom is -0.461 e. The van der Waals surface area contributed by atoms with Gasteiger partial charge in [0.1, 0.15) is 10.9 Å². The lowest BCUT2D eigenvalue weighted by Crippen LogP contribution is -2.30. The summed E-state index contributed by atoms with van der Waals surface area (Å²) in [7, 11) is 0. The van der Waals surface area contributed by atoms with Crippen LogP contribution < -0.4 is 10.9 Å². The van der Waals surface area contributed by atoms with Crippen molar-refractivity contribution >= 4 is 39.1 Å². The summed E-state index contributed by atoms with van der Waals surface area (Å²) in [6, 6.07) is 6.66. The summed E-state index contributed by atoms with van der Waals surface area (Å²) in [5.41, 5.74) is 1.83. The van der Waals surface area contributed by atoms with E-state index in [9.17, 15) is 14.4 Å². The predicted octanol–water partition coefficient (Wildman–Crippen LogP) is 3.84. The maximum atomic E-state index is 13.0. The highest BCUT2D eigenvalue weighted by Crippen LogP contribution is 2.28. The zero-order chi connectivity index (χ0) is 21.3. The van der Waals surface area contributed by atoms with E-state index in [1.165, 1.54) is 10.9 Å². The van der Waals surface area contributed by atoms with Crippen LogP contribution in [0.2, 0.25) is 0 Å². The number of amides is 1. The number of thiophene rings is 1. The Balaban J connectivity index is 1.99. The fourth-order valence-electron chi connectivity index (χ4n) is 2.97. The molecule has 0 unspecified atom stereocenters. The molecule has 0 saturated carbocycles. The lowest BCUT2D eigenvalue weighted by Gasteiger charge is -2.15. The van der Waals surface area contributed by atoms with E-state index in [-0.39, 0.29) is 17.6 Å². The molecular weight excluding hydrogens is 390 g/mol. The van der Waals surface area contributed by atoms with Crippen molar-refractivity contribution in [2.75, 3.05) is 5.32 Å². The third-order valence-corrected chi connectivity index (χ3v) is 5.78. The first kappa shape index (κ1) is 20.7. The molecular formula is C21H23N3O4S. The Morgan fingerprint density at radius 3 is 2.52 bits per heavy atom. The van der Waals surface area contributed by atoms with Crippen molar-refractivity contribution in [2.45, 2.75) is 46.8 Å². The minimum absolute atomic E-state index is 0.281. The normalized spacial score (nSPS) is 12.2. The molecule has 152 valence electrons. The van der Waals surface area contributed by atoms with Crippen molar-refractivity contribution in [1.82, 2.24) is 9.55 Å². The number of hydrogen-bond donors (Lipinski definition) is 1. The Morgan fingerprint density at radius 1 is 1.17 bits per heavy atom. The Bertz CT molecular complexity index is 1150. The van der Waals surface area contributed by atoms with Gasteiger partial charge in [-0.25, -0.2) is 9.78 Å². The number of carbonyl (C=O) groups is 2. The first-order chi connectivity index (χ1) is 13.7. The molecule has 3 aromatic rings. The molecule has 0 aliphatic rings. The van der Waals surface area contributed by atoms with E-state index in [1.807, 2.05) is 31.2 Å². The summed E-state index contributed by atoms with van der Waals surface area (Å²) < 4.78 is 6.44. The molecule has 2 heterocycles. The average molecular weight is 413 g/mol. The second-order valence-electron chi connectivity index (χ2n) is 7.12. The maximum Gasteiger partial charge on any atom is 0.329 e. The number of rotatable bonds is 5. The molecule has 0 radical (unpaired) electrons. The van der Waals surface area contributed by atoms with Gasteiger partial charge in [0.05, 0.1) is 22.7 Å². The number of fused-ring (bicyclic) bond motifs is 1. The van der Waals surface area contributed by atoms with Gasteiger partial charge < -0.3 is 10.1 Å². The van der Waals surface area contributed by atoms with Crippen LogP contribution in [0.3, 0.4) is 0 Å². The Hall–Kier alpha value is -3.00. The number of anilines is 1. The molecule has 1 atom stereocenters. The van der Waals surface area contributed by atoms with Crippen molar-refractivity contribution in [3.63, 3.8) is 0 Å². The largest absolute Gasteiger partial charge is 0.461 e. The fourth-order valence-corrected chi connectivity index (χ4v) is 4.00. The molecule has 3 rings (SSSR count). The summed E-state index contributed by atoms with van der Waals surface area (Å²) in [5, 5.41) is 3.23. The highest BCUT2D eigenvalue weighted by molar-refractivity contribution is 7.20. The van der Waals surface area contributed by atoms with E-state index in [0.717, 1.165) is 16.9 Å².